The number of benzene rings is 3. The van der Waals surface area contributed by atoms with Crippen molar-refractivity contribution in [2.75, 3.05) is 0 Å². The van der Waals surface area contributed by atoms with E-state index in [4.69, 9.17) is 29.8 Å². The second-order valence-electron chi connectivity index (χ2n) is 14.1. The molecule has 0 aliphatic rings. The molecule has 3 aromatic rings. The van der Waals surface area contributed by atoms with Crippen LogP contribution in [-0.2, 0) is 37.2 Å². The number of carboxylic acid groups (broad SMARTS) is 2. The molecule has 1 radical (unpaired) electrons. The fourth-order valence-electron chi connectivity index (χ4n) is 4.70. The molecular weight excluding hydrogens is 663 g/mol. The average Bonchev–Trinajstić information content (AvgIpc) is 2.97. The number of phenolic OH excluding ortho intramolecular Hbond substituents is 2. The smallest absolute Gasteiger partial charge is 0.550 e. The van der Waals surface area contributed by atoms with Crippen LogP contribution in [0.25, 0.3) is 0 Å². The predicted octanol–water partition coefficient (Wildman–Crippen LogP) is 7.73. The maximum absolute atomic E-state index is 11.2. The van der Waals surface area contributed by atoms with Gasteiger partial charge in [-0.2, -0.15) is 0 Å². The molecule has 0 amide bonds. The molecule has 0 saturated carbocycles. The molecule has 0 saturated heterocycles. The number of aliphatic imine (C=N–C) groups is 2. The number of hydrogen-bond acceptors (Lipinski definition) is 8. The van der Waals surface area contributed by atoms with E-state index in [0.717, 1.165) is 37.8 Å². The zero-order chi connectivity index (χ0) is 37.0. The molecule has 2 N–H and O–H groups in total. The predicted molar refractivity (Wildman–Crippen MR) is 193 cm³/mol. The minimum absolute atomic E-state index is 0. The quantitative estimate of drug-likeness (QED) is 0.228. The number of para-hydroxylation sites is 2. The summed E-state index contributed by atoms with van der Waals surface area (Å²) in [4.78, 5) is 27.3. The topological polar surface area (TPSA) is 145 Å². The van der Waals surface area contributed by atoms with Crippen molar-refractivity contribution >= 4 is 35.7 Å². The first kappa shape index (κ1) is 45.0. The van der Waals surface area contributed by atoms with Crippen LogP contribution in [0.15, 0.2) is 58.5 Å². The van der Waals surface area contributed by atoms with E-state index in [2.05, 4.69) is 81.4 Å². The number of rotatable bonds is 8. The molecule has 9 heteroatoms. The van der Waals surface area contributed by atoms with E-state index in [0.29, 0.717) is 34.3 Å². The molecule has 3 aromatic carbocycles. The summed E-state index contributed by atoms with van der Waals surface area (Å²) in [6.07, 6.45) is 5.52. The van der Waals surface area contributed by atoms with Gasteiger partial charge in [0.25, 0.3) is 0 Å². The van der Waals surface area contributed by atoms with Crippen LogP contribution < -0.4 is 10.2 Å². The Hall–Kier alpha value is -3.95. The van der Waals surface area contributed by atoms with Crippen molar-refractivity contribution < 1.29 is 46.8 Å². The molecule has 269 valence electrons. The molecule has 3 rings (SSSR count). The van der Waals surface area contributed by atoms with Crippen LogP contribution in [-0.4, -0.2) is 34.6 Å². The Morgan fingerprint density at radius 3 is 1.22 bits per heavy atom. The van der Waals surface area contributed by atoms with E-state index in [-0.39, 0.29) is 39.1 Å². The molecule has 0 aromatic heterocycles. The second-order valence-corrected chi connectivity index (χ2v) is 14.1. The van der Waals surface area contributed by atoms with E-state index < -0.39 is 11.9 Å². The fourth-order valence-corrected chi connectivity index (χ4v) is 4.70. The monoisotopic (exact) mass is 717 g/mol. The van der Waals surface area contributed by atoms with Crippen molar-refractivity contribution in [3.63, 3.8) is 0 Å². The summed E-state index contributed by atoms with van der Waals surface area (Å²) in [6, 6.07) is 16.0. The fraction of sp³-hybridized carbons (Fsp3) is 0.450. The summed E-state index contributed by atoms with van der Waals surface area (Å²) in [5, 5.41) is 40.1. The number of hydrogen-bond donors (Lipinski definition) is 2. The van der Waals surface area contributed by atoms with Gasteiger partial charge in [-0.1, -0.05) is 93.5 Å². The van der Waals surface area contributed by atoms with E-state index in [9.17, 15) is 10.2 Å². The van der Waals surface area contributed by atoms with Crippen LogP contribution in [0.1, 0.15) is 141 Å². The number of carbonyl (C=O) groups is 2. The normalized spacial score (nSPS) is 12.7. The Balaban J connectivity index is 0.00000230. The zero-order valence-electron chi connectivity index (χ0n) is 31.1. The summed E-state index contributed by atoms with van der Waals surface area (Å²) in [5.41, 5.74) is 6.63. The van der Waals surface area contributed by atoms with Crippen molar-refractivity contribution in [2.24, 2.45) is 9.98 Å². The molecule has 8 nitrogen and oxygen atoms in total. The van der Waals surface area contributed by atoms with E-state index >= 15 is 0 Å². The number of aromatic hydroxyl groups is 2. The molecule has 2 unspecified atom stereocenters. The number of carboxylic acids is 2. The summed E-state index contributed by atoms with van der Waals surface area (Å²) in [7, 11) is 0. The number of carbonyl (C=O) groups excluding carboxylic acids is 2. The van der Waals surface area contributed by atoms with Crippen LogP contribution in [0, 0.1) is 0 Å². The SMILES string of the molecule is CC(=O)[O-].CC(=O)[O-].CCC(C)c1cc(C=Nc2ccccc2N=Cc2cc(C(C)CC)cc(C(C)(C)C)c2O)c(O)c(C(C)(C)C)c1.[Co+2]. The second kappa shape index (κ2) is 19.9. The average molecular weight is 718 g/mol. The summed E-state index contributed by atoms with van der Waals surface area (Å²) >= 11 is 0. The van der Waals surface area contributed by atoms with Gasteiger partial charge in [-0.3, -0.25) is 9.98 Å². The molecule has 0 bridgehead atoms. The van der Waals surface area contributed by atoms with Crippen LogP contribution in [0.5, 0.6) is 11.5 Å². The number of nitrogens with zero attached hydrogens (tertiary/aromatic N) is 2. The molecule has 0 aliphatic heterocycles. The number of phenols is 2. The van der Waals surface area contributed by atoms with E-state index in [1.807, 2.05) is 36.4 Å². The van der Waals surface area contributed by atoms with Crippen molar-refractivity contribution in [2.45, 2.75) is 119 Å². The third kappa shape index (κ3) is 14.6. The van der Waals surface area contributed by atoms with Gasteiger partial charge in [0.1, 0.15) is 11.5 Å². The molecule has 49 heavy (non-hydrogen) atoms. The van der Waals surface area contributed by atoms with Crippen molar-refractivity contribution in [1.29, 1.82) is 0 Å². The minimum atomic E-state index is -1.08. The van der Waals surface area contributed by atoms with Gasteiger partial charge >= 0.3 is 16.8 Å². The molecule has 0 heterocycles. The van der Waals surface area contributed by atoms with Crippen molar-refractivity contribution in [3.05, 3.63) is 81.9 Å². The maximum Gasteiger partial charge on any atom is 2.00 e. The number of aliphatic carboxylic acids is 2. The molecule has 0 aliphatic carbocycles. The van der Waals surface area contributed by atoms with Gasteiger partial charge in [-0.05, 0) is 84.7 Å². The third-order valence-corrected chi connectivity index (χ3v) is 7.87. The van der Waals surface area contributed by atoms with Crippen LogP contribution >= 0.6 is 0 Å². The van der Waals surface area contributed by atoms with Gasteiger partial charge in [0, 0.05) is 46.6 Å². The van der Waals surface area contributed by atoms with Gasteiger partial charge in [0.05, 0.1) is 11.4 Å². The molecule has 2 atom stereocenters. The largest absolute Gasteiger partial charge is 2.00 e. The standard InChI is InChI=1S/C36H48N2O2.2C2H4O2.Co/c1-11-23(3)25-17-27(33(39)29(19-25)35(5,6)7)21-37-31-15-13-14-16-32(31)38-22-28-18-26(24(4)12-2)20-30(34(28)40)36(8,9)10;2*1-2(3)4;/h13-24,39-40H,11-12H2,1-10H3;2*1H3,(H,3,4);/q;;;+2/p-2. The Kier molecular flexibility index (Phi) is 18.3. The Bertz CT molecular complexity index is 1470. The molecular formula is C40H54CoN2O6. The first-order chi connectivity index (χ1) is 22.1. The zero-order valence-corrected chi connectivity index (χ0v) is 32.1. The third-order valence-electron chi connectivity index (χ3n) is 7.87. The molecule has 0 spiro atoms. The summed E-state index contributed by atoms with van der Waals surface area (Å²) in [6.45, 7) is 23.4. The summed E-state index contributed by atoms with van der Waals surface area (Å²) in [5.74, 6) is -0.873. The van der Waals surface area contributed by atoms with Gasteiger partial charge in [-0.15, -0.1) is 0 Å². The Morgan fingerprint density at radius 2 is 0.980 bits per heavy atom. The minimum Gasteiger partial charge on any atom is -0.550 e. The summed E-state index contributed by atoms with van der Waals surface area (Å²) < 4.78 is 0. The maximum atomic E-state index is 11.2. The van der Waals surface area contributed by atoms with Gasteiger partial charge in [0.2, 0.25) is 0 Å². The first-order valence-corrected chi connectivity index (χ1v) is 16.4. The van der Waals surface area contributed by atoms with E-state index in [1.165, 1.54) is 11.1 Å². The first-order valence-electron chi connectivity index (χ1n) is 16.4. The van der Waals surface area contributed by atoms with E-state index in [1.54, 1.807) is 12.4 Å². The van der Waals surface area contributed by atoms with Gasteiger partial charge in [0.15, 0.2) is 0 Å². The molecule has 0 fully saturated rings. The van der Waals surface area contributed by atoms with Crippen LogP contribution in [0.4, 0.5) is 11.4 Å². The van der Waals surface area contributed by atoms with Crippen LogP contribution in [0.2, 0.25) is 0 Å². The Labute approximate surface area is 303 Å². The Morgan fingerprint density at radius 1 is 0.694 bits per heavy atom. The van der Waals surface area contributed by atoms with Crippen molar-refractivity contribution in [3.8, 4) is 11.5 Å². The van der Waals surface area contributed by atoms with Gasteiger partial charge in [-0.25, -0.2) is 0 Å². The van der Waals surface area contributed by atoms with Crippen molar-refractivity contribution in [1.82, 2.24) is 0 Å². The van der Waals surface area contributed by atoms with Gasteiger partial charge < -0.3 is 30.0 Å². The van der Waals surface area contributed by atoms with Crippen LogP contribution in [0.3, 0.4) is 0 Å².